The summed E-state index contributed by atoms with van der Waals surface area (Å²) < 4.78 is 1.11. The Hall–Kier alpha value is -0.350. The zero-order valence-electron chi connectivity index (χ0n) is 11.3. The zero-order chi connectivity index (χ0) is 13.8. The van der Waals surface area contributed by atoms with Gasteiger partial charge < -0.3 is 5.11 Å². The van der Waals surface area contributed by atoms with Crippen LogP contribution in [0.25, 0.3) is 0 Å². The topological polar surface area (TPSA) is 37.3 Å². The molecule has 0 radical (unpaired) electrons. The van der Waals surface area contributed by atoms with Gasteiger partial charge in [-0.15, -0.1) is 11.3 Å². The van der Waals surface area contributed by atoms with Crippen LogP contribution in [0.5, 0.6) is 0 Å². The van der Waals surface area contributed by atoms with Crippen LogP contribution in [0.2, 0.25) is 0 Å². The van der Waals surface area contributed by atoms with Crippen molar-refractivity contribution in [2.45, 2.75) is 45.4 Å². The molecule has 1 saturated carbocycles. The lowest BCUT2D eigenvalue weighted by Crippen LogP contribution is -2.31. The summed E-state index contributed by atoms with van der Waals surface area (Å²) in [4.78, 5) is 12.7. The highest BCUT2D eigenvalue weighted by molar-refractivity contribution is 9.10. The van der Waals surface area contributed by atoms with Crippen molar-refractivity contribution in [2.24, 2.45) is 17.8 Å². The number of carboxylic acid groups (broad SMARTS) is 1. The van der Waals surface area contributed by atoms with Gasteiger partial charge in [0.1, 0.15) is 0 Å². The summed E-state index contributed by atoms with van der Waals surface area (Å²) in [6, 6.07) is 2.13. The third-order valence-electron chi connectivity index (χ3n) is 4.19. The lowest BCUT2D eigenvalue weighted by atomic mass is 9.71. The number of carbonyl (C=O) groups is 1. The van der Waals surface area contributed by atoms with Crippen molar-refractivity contribution in [1.82, 2.24) is 0 Å². The second kappa shape index (κ2) is 6.89. The maximum atomic E-state index is 11.4. The average Bonchev–Trinajstić information content (AvgIpc) is 2.75. The summed E-state index contributed by atoms with van der Waals surface area (Å²) in [5, 5.41) is 11.5. The molecule has 2 nitrogen and oxygen atoms in total. The van der Waals surface area contributed by atoms with Gasteiger partial charge in [0.25, 0.3) is 0 Å². The van der Waals surface area contributed by atoms with Gasteiger partial charge in [0.15, 0.2) is 0 Å². The fraction of sp³-hybridized carbons (Fsp3) is 0.667. The third kappa shape index (κ3) is 4.06. The molecule has 1 aromatic heterocycles. The molecule has 1 heterocycles. The molecule has 0 saturated heterocycles. The van der Waals surface area contributed by atoms with E-state index in [1.165, 1.54) is 17.7 Å². The lowest BCUT2D eigenvalue weighted by Gasteiger charge is -2.33. The van der Waals surface area contributed by atoms with Gasteiger partial charge in [-0.25, -0.2) is 0 Å². The molecule has 0 spiro atoms. The van der Waals surface area contributed by atoms with E-state index in [9.17, 15) is 9.90 Å². The molecule has 1 aliphatic rings. The largest absolute Gasteiger partial charge is 0.481 e. The second-order valence-electron chi connectivity index (χ2n) is 5.61. The molecule has 2 rings (SSSR count). The highest BCUT2D eigenvalue weighted by atomic mass is 79.9. The Morgan fingerprint density at radius 1 is 1.53 bits per heavy atom. The average molecular weight is 345 g/mol. The first-order valence-electron chi connectivity index (χ1n) is 7.05. The van der Waals surface area contributed by atoms with Crippen molar-refractivity contribution in [3.8, 4) is 0 Å². The van der Waals surface area contributed by atoms with E-state index in [0.29, 0.717) is 5.92 Å². The Balaban J connectivity index is 2.04. The van der Waals surface area contributed by atoms with E-state index < -0.39 is 5.97 Å². The van der Waals surface area contributed by atoms with Crippen molar-refractivity contribution in [2.75, 3.05) is 0 Å². The van der Waals surface area contributed by atoms with Crippen molar-refractivity contribution in [3.05, 3.63) is 20.8 Å². The van der Waals surface area contributed by atoms with E-state index in [-0.39, 0.29) is 5.92 Å². The van der Waals surface area contributed by atoms with Gasteiger partial charge in [-0.05, 0) is 59.5 Å². The van der Waals surface area contributed by atoms with Crippen molar-refractivity contribution >= 4 is 33.2 Å². The number of thiophene rings is 1. The van der Waals surface area contributed by atoms with E-state index in [2.05, 4.69) is 34.3 Å². The normalized spacial score (nSPS) is 27.4. The predicted molar refractivity (Wildman–Crippen MR) is 82.6 cm³/mol. The minimum atomic E-state index is -0.601. The molecule has 1 aliphatic carbocycles. The number of carboxylic acids is 1. The molecule has 1 N–H and O–H groups in total. The molecular weight excluding hydrogens is 324 g/mol. The van der Waals surface area contributed by atoms with Crippen LogP contribution in [-0.4, -0.2) is 11.1 Å². The van der Waals surface area contributed by atoms with E-state index >= 15 is 0 Å². The molecule has 4 heteroatoms. The summed E-state index contributed by atoms with van der Waals surface area (Å²) >= 11 is 5.20. The molecule has 0 aliphatic heterocycles. The van der Waals surface area contributed by atoms with Crippen LogP contribution in [-0.2, 0) is 11.2 Å². The smallest absolute Gasteiger partial charge is 0.306 e. The van der Waals surface area contributed by atoms with Crippen LogP contribution in [0.4, 0.5) is 0 Å². The van der Waals surface area contributed by atoms with Crippen LogP contribution in [0, 0.1) is 17.8 Å². The second-order valence-corrected chi connectivity index (χ2v) is 7.52. The van der Waals surface area contributed by atoms with E-state index in [1.54, 1.807) is 11.3 Å². The Kier molecular flexibility index (Phi) is 5.46. The summed E-state index contributed by atoms with van der Waals surface area (Å²) in [5.74, 6) is 0.298. The van der Waals surface area contributed by atoms with Gasteiger partial charge in [0.05, 0.1) is 5.92 Å². The molecule has 1 fully saturated rings. The van der Waals surface area contributed by atoms with Gasteiger partial charge in [-0.2, -0.15) is 0 Å². The number of rotatable bonds is 5. The van der Waals surface area contributed by atoms with Crippen LogP contribution < -0.4 is 0 Å². The Morgan fingerprint density at radius 2 is 2.32 bits per heavy atom. The minimum absolute atomic E-state index is 0.144. The van der Waals surface area contributed by atoms with Gasteiger partial charge in [0, 0.05) is 14.7 Å². The molecule has 3 atom stereocenters. The molecular formula is C15H21BrO2S. The standard InChI is InChI=1S/C15H21BrO2S/c1-2-3-10-4-5-14(15(17)18)11(6-10)7-13-8-12(16)9-19-13/h8-11,14H,2-7H2,1H3,(H,17,18). The Morgan fingerprint density at radius 3 is 2.89 bits per heavy atom. The monoisotopic (exact) mass is 344 g/mol. The summed E-state index contributed by atoms with van der Waals surface area (Å²) in [6.07, 6.45) is 6.41. The van der Waals surface area contributed by atoms with Gasteiger partial charge in [-0.3, -0.25) is 4.79 Å². The summed E-state index contributed by atoms with van der Waals surface area (Å²) in [7, 11) is 0. The first-order chi connectivity index (χ1) is 9.10. The SMILES string of the molecule is CCCC1CCC(C(=O)O)C(Cc2cc(Br)cs2)C1. The van der Waals surface area contributed by atoms with Crippen LogP contribution in [0.3, 0.4) is 0 Å². The van der Waals surface area contributed by atoms with Crippen molar-refractivity contribution in [3.63, 3.8) is 0 Å². The van der Waals surface area contributed by atoms with Gasteiger partial charge in [0.2, 0.25) is 0 Å². The van der Waals surface area contributed by atoms with Crippen LogP contribution in [0.15, 0.2) is 15.9 Å². The summed E-state index contributed by atoms with van der Waals surface area (Å²) in [5.41, 5.74) is 0. The highest BCUT2D eigenvalue weighted by Gasteiger charge is 2.34. The van der Waals surface area contributed by atoms with Crippen molar-refractivity contribution < 1.29 is 9.90 Å². The molecule has 3 unspecified atom stereocenters. The molecule has 19 heavy (non-hydrogen) atoms. The molecule has 0 aromatic carbocycles. The Bertz CT molecular complexity index is 430. The number of halogens is 1. The van der Waals surface area contributed by atoms with E-state index in [1.807, 2.05) is 0 Å². The quantitative estimate of drug-likeness (QED) is 0.818. The van der Waals surface area contributed by atoms with Crippen LogP contribution in [0.1, 0.15) is 43.9 Å². The first-order valence-corrected chi connectivity index (χ1v) is 8.73. The summed E-state index contributed by atoms with van der Waals surface area (Å²) in [6.45, 7) is 2.22. The highest BCUT2D eigenvalue weighted by Crippen LogP contribution is 2.39. The predicted octanol–water partition coefficient (Wildman–Crippen LogP) is 4.97. The number of aliphatic carboxylic acids is 1. The van der Waals surface area contributed by atoms with Crippen molar-refractivity contribution in [1.29, 1.82) is 0 Å². The Labute approximate surface area is 127 Å². The van der Waals surface area contributed by atoms with Crippen LogP contribution >= 0.6 is 27.3 Å². The third-order valence-corrected chi connectivity index (χ3v) is 5.91. The lowest BCUT2D eigenvalue weighted by molar-refractivity contribution is -0.145. The molecule has 1 aromatic rings. The number of hydrogen-bond donors (Lipinski definition) is 1. The maximum absolute atomic E-state index is 11.4. The molecule has 0 bridgehead atoms. The first kappa shape index (κ1) is 15.0. The fourth-order valence-electron chi connectivity index (χ4n) is 3.30. The zero-order valence-corrected chi connectivity index (χ0v) is 13.7. The number of hydrogen-bond acceptors (Lipinski definition) is 2. The van der Waals surface area contributed by atoms with Gasteiger partial charge >= 0.3 is 5.97 Å². The minimum Gasteiger partial charge on any atom is -0.481 e. The fourth-order valence-corrected chi connectivity index (χ4v) is 4.85. The maximum Gasteiger partial charge on any atom is 0.306 e. The van der Waals surface area contributed by atoms with Gasteiger partial charge in [-0.1, -0.05) is 19.8 Å². The molecule has 0 amide bonds. The van der Waals surface area contributed by atoms with E-state index in [0.717, 1.165) is 36.1 Å². The molecule has 106 valence electrons. The van der Waals surface area contributed by atoms with E-state index in [4.69, 9.17) is 0 Å².